The Hall–Kier alpha value is -2.94. The lowest BCUT2D eigenvalue weighted by Crippen LogP contribution is -2.39. The number of carbonyl (C=O) groups excluding carboxylic acids is 3. The molecule has 0 radical (unpaired) electrons. The van der Waals surface area contributed by atoms with Crippen molar-refractivity contribution in [3.8, 4) is 0 Å². The summed E-state index contributed by atoms with van der Waals surface area (Å²) in [6.07, 6.45) is 0.154. The van der Waals surface area contributed by atoms with Crippen LogP contribution >= 0.6 is 0 Å². The van der Waals surface area contributed by atoms with Crippen LogP contribution in [0.1, 0.15) is 13.8 Å². The van der Waals surface area contributed by atoms with Gasteiger partial charge in [-0.3, -0.25) is 4.79 Å². The second-order valence-electron chi connectivity index (χ2n) is 3.68. The number of hydrogen-bond donors (Lipinski definition) is 3. The summed E-state index contributed by atoms with van der Waals surface area (Å²) in [6, 6.07) is 0. The molecule has 0 saturated heterocycles. The van der Waals surface area contributed by atoms with Gasteiger partial charge >= 0.3 is 17.9 Å². The fourth-order valence-corrected chi connectivity index (χ4v) is 0.631. The highest BCUT2D eigenvalue weighted by molar-refractivity contribution is 5.90. The number of aliphatic hydroxyl groups is 1. The molecule has 0 aliphatic heterocycles. The fourth-order valence-electron chi connectivity index (χ4n) is 0.631. The van der Waals surface area contributed by atoms with Crippen molar-refractivity contribution in [3.05, 3.63) is 37.5 Å². The van der Waals surface area contributed by atoms with Crippen molar-refractivity contribution in [1.82, 2.24) is 5.32 Å². The monoisotopic (exact) mass is 345 g/mol. The van der Waals surface area contributed by atoms with Crippen molar-refractivity contribution in [2.75, 3.05) is 13.7 Å². The molecule has 9 nitrogen and oxygen atoms in total. The first kappa shape index (κ1) is 26.0. The number of rotatable bonds is 6. The van der Waals surface area contributed by atoms with Crippen LogP contribution in [-0.4, -0.2) is 54.0 Å². The second kappa shape index (κ2) is 16.4. The Balaban J connectivity index is -0.000000283. The van der Waals surface area contributed by atoms with Crippen LogP contribution in [0.2, 0.25) is 0 Å². The van der Waals surface area contributed by atoms with Gasteiger partial charge in [-0.15, -0.1) is 0 Å². The molecule has 0 aromatic rings. The summed E-state index contributed by atoms with van der Waals surface area (Å²) >= 11 is 0. The van der Waals surface area contributed by atoms with Crippen molar-refractivity contribution in [2.45, 2.75) is 20.1 Å². The maximum absolute atomic E-state index is 10.3. The number of carbonyl (C=O) groups is 4. The zero-order valence-corrected chi connectivity index (χ0v) is 13.9. The lowest BCUT2D eigenvalue weighted by molar-refractivity contribution is -0.150. The van der Waals surface area contributed by atoms with Crippen molar-refractivity contribution in [1.29, 1.82) is 0 Å². The smallest absolute Gasteiger partial charge is 0.353 e. The summed E-state index contributed by atoms with van der Waals surface area (Å²) in [5, 5.41) is 18.2. The number of aliphatic hydroxyl groups excluding tert-OH is 1. The molecule has 0 aliphatic carbocycles. The molecule has 136 valence electrons. The van der Waals surface area contributed by atoms with Gasteiger partial charge in [-0.05, 0) is 19.9 Å². The minimum Gasteiger partial charge on any atom is -0.478 e. The van der Waals surface area contributed by atoms with Gasteiger partial charge < -0.3 is 25.0 Å². The summed E-state index contributed by atoms with van der Waals surface area (Å²) in [4.78, 5) is 40.4. The Morgan fingerprint density at radius 1 is 1.21 bits per heavy atom. The van der Waals surface area contributed by atoms with Gasteiger partial charge in [0, 0.05) is 11.6 Å². The first-order chi connectivity index (χ1) is 11.1. The predicted molar refractivity (Wildman–Crippen MR) is 85.6 cm³/mol. The summed E-state index contributed by atoms with van der Waals surface area (Å²) in [6.45, 7) is 13.4. The molecule has 0 fully saturated rings. The van der Waals surface area contributed by atoms with Crippen molar-refractivity contribution in [2.24, 2.45) is 0 Å². The van der Waals surface area contributed by atoms with E-state index in [-0.39, 0.29) is 11.9 Å². The lowest BCUT2D eigenvalue weighted by atomic mass is 10.4. The van der Waals surface area contributed by atoms with Crippen LogP contribution in [0.4, 0.5) is 0 Å². The number of aliphatic carboxylic acids is 1. The molecule has 0 rings (SSSR count). The van der Waals surface area contributed by atoms with Gasteiger partial charge in [0.05, 0.1) is 13.7 Å². The largest absolute Gasteiger partial charge is 0.478 e. The highest BCUT2D eigenvalue weighted by atomic mass is 16.5. The summed E-state index contributed by atoms with van der Waals surface area (Å²) in [5.41, 5.74) is 0.433. The number of amides is 1. The number of hydrogen-bond acceptors (Lipinski definition) is 7. The molecule has 0 bridgehead atoms. The van der Waals surface area contributed by atoms with Gasteiger partial charge in [-0.25, -0.2) is 14.4 Å². The van der Waals surface area contributed by atoms with E-state index >= 15 is 0 Å². The Morgan fingerprint density at radius 3 is 1.88 bits per heavy atom. The Labute approximate surface area is 140 Å². The molecule has 0 aromatic carbocycles. The second-order valence-corrected chi connectivity index (χ2v) is 3.68. The van der Waals surface area contributed by atoms with Crippen LogP contribution in [-0.2, 0) is 28.7 Å². The van der Waals surface area contributed by atoms with Crippen molar-refractivity contribution < 1.29 is 38.9 Å². The van der Waals surface area contributed by atoms with Crippen molar-refractivity contribution in [3.63, 3.8) is 0 Å². The van der Waals surface area contributed by atoms with E-state index in [0.29, 0.717) is 12.2 Å². The quantitative estimate of drug-likeness (QED) is 0.351. The van der Waals surface area contributed by atoms with Crippen LogP contribution in [0.3, 0.4) is 0 Å². The van der Waals surface area contributed by atoms with Gasteiger partial charge in [0.1, 0.15) is 0 Å². The number of esters is 2. The Bertz CT molecular complexity index is 468. The summed E-state index contributed by atoms with van der Waals surface area (Å²) in [7, 11) is 1.33. The molecule has 0 spiro atoms. The third kappa shape index (κ3) is 19.1. The topological polar surface area (TPSA) is 139 Å². The molecule has 3 N–H and O–H groups in total. The molecule has 24 heavy (non-hydrogen) atoms. The summed E-state index contributed by atoms with van der Waals surface area (Å²) < 4.78 is 8.71. The molecule has 1 unspecified atom stereocenters. The van der Waals surface area contributed by atoms with E-state index in [2.05, 4.69) is 29.2 Å². The third-order valence-corrected chi connectivity index (χ3v) is 1.69. The zero-order valence-electron chi connectivity index (χ0n) is 13.9. The SMILES string of the molecule is C=C(C)C(=O)OC.C=CC(=O)NC(O)C(=O)O.C=CC(=O)OCC. The van der Waals surface area contributed by atoms with Gasteiger partial charge in [0.25, 0.3) is 0 Å². The number of ether oxygens (including phenoxy) is 2. The molecule has 0 heterocycles. The van der Waals surface area contributed by atoms with E-state index in [9.17, 15) is 19.2 Å². The van der Waals surface area contributed by atoms with Crippen LogP contribution < -0.4 is 5.32 Å². The van der Waals surface area contributed by atoms with Crippen LogP contribution in [0.25, 0.3) is 0 Å². The summed E-state index contributed by atoms with van der Waals surface area (Å²) in [5.74, 6) is -2.94. The molecule has 1 amide bonds. The predicted octanol–water partition coefficient (Wildman–Crippen LogP) is 0.163. The molecule has 9 heteroatoms. The average Bonchev–Trinajstić information content (AvgIpc) is 2.54. The van der Waals surface area contributed by atoms with Gasteiger partial charge in [-0.2, -0.15) is 0 Å². The van der Waals surface area contributed by atoms with E-state index in [0.717, 1.165) is 12.2 Å². The molecule has 0 saturated carbocycles. The molecule has 0 aromatic heterocycles. The number of carboxylic acid groups (broad SMARTS) is 1. The van der Waals surface area contributed by atoms with E-state index in [4.69, 9.17) is 10.2 Å². The van der Waals surface area contributed by atoms with Gasteiger partial charge in [-0.1, -0.05) is 19.7 Å². The standard InChI is InChI=1S/C5H7NO4.2C5H8O2/c1-2-3(7)6-4(8)5(9)10;1-4(2)5(6)7-3;1-3-5(6)7-4-2/h2,4,8H,1H2,(H,6,7)(H,9,10);1H2,2-3H3;3H,1,4H2,2H3. The first-order valence-corrected chi connectivity index (χ1v) is 6.44. The third-order valence-electron chi connectivity index (χ3n) is 1.69. The fraction of sp³-hybridized carbons (Fsp3) is 0.333. The molecular weight excluding hydrogens is 322 g/mol. The first-order valence-electron chi connectivity index (χ1n) is 6.44. The Kier molecular flexibility index (Phi) is 17.8. The number of carboxylic acids is 1. The maximum Gasteiger partial charge on any atom is 0.353 e. The minimum atomic E-state index is -1.86. The number of nitrogens with one attached hydrogen (secondary N) is 1. The average molecular weight is 345 g/mol. The molecular formula is C15H23NO8. The van der Waals surface area contributed by atoms with Gasteiger partial charge in [0.15, 0.2) is 0 Å². The van der Waals surface area contributed by atoms with Gasteiger partial charge in [0.2, 0.25) is 12.1 Å². The zero-order chi connectivity index (χ0) is 19.7. The molecule has 1 atom stereocenters. The van der Waals surface area contributed by atoms with Crippen LogP contribution in [0, 0.1) is 0 Å². The lowest BCUT2D eigenvalue weighted by Gasteiger charge is -2.03. The van der Waals surface area contributed by atoms with E-state index in [1.54, 1.807) is 19.2 Å². The van der Waals surface area contributed by atoms with E-state index < -0.39 is 18.1 Å². The minimum absolute atomic E-state index is 0.347. The van der Waals surface area contributed by atoms with E-state index in [1.807, 2.05) is 0 Å². The highest BCUT2D eigenvalue weighted by Crippen LogP contribution is 1.87. The molecule has 0 aliphatic rings. The normalized spacial score (nSPS) is 9.33. The highest BCUT2D eigenvalue weighted by Gasteiger charge is 2.13. The maximum atomic E-state index is 10.3. The Morgan fingerprint density at radius 2 is 1.71 bits per heavy atom. The van der Waals surface area contributed by atoms with Crippen molar-refractivity contribution >= 4 is 23.8 Å². The van der Waals surface area contributed by atoms with Crippen LogP contribution in [0.5, 0.6) is 0 Å². The van der Waals surface area contributed by atoms with Crippen LogP contribution in [0.15, 0.2) is 37.5 Å². The van der Waals surface area contributed by atoms with E-state index in [1.165, 1.54) is 7.11 Å². The number of methoxy groups -OCH3 is 1.